The molecule has 3 fully saturated rings. The fourth-order valence-electron chi connectivity index (χ4n) is 6.65. The fourth-order valence-corrected chi connectivity index (χ4v) is 6.65. The molecule has 2 bridgehead atoms. The number of methoxy groups -OCH3 is 2. The number of hydrogen-bond acceptors (Lipinski definition) is 4. The zero-order valence-corrected chi connectivity index (χ0v) is 19.5. The van der Waals surface area contributed by atoms with Gasteiger partial charge in [-0.05, 0) is 74.6 Å². The summed E-state index contributed by atoms with van der Waals surface area (Å²) in [6.07, 6.45) is 10.9. The van der Waals surface area contributed by atoms with Crippen molar-refractivity contribution in [1.82, 2.24) is 15.1 Å². The SMILES string of the molecule is COc1ccc(CCNC(=O)N2CCCC3=C[C@H]4C[C@@H](CN5CCCC[C@@H]45)[C@@H]32)cc1OC. The molecule has 4 atom stereocenters. The Bertz CT molecular complexity index is 870. The summed E-state index contributed by atoms with van der Waals surface area (Å²) in [7, 11) is 3.29. The van der Waals surface area contributed by atoms with Crippen molar-refractivity contribution in [1.29, 1.82) is 0 Å². The standard InChI is InChI=1S/C26H37N3O3/c1-31-23-9-8-18(14-24(23)32-2)10-11-27-26(30)29-13-5-6-19-15-20-16-21(25(19)29)17-28-12-4-3-7-22(20)28/h8-9,14-15,20-22,25H,3-7,10-13,16-17H2,1-2H3,(H,27,30)/t20-,21-,22-,25+/m0/s1. The van der Waals surface area contributed by atoms with Gasteiger partial charge in [-0.3, -0.25) is 4.90 Å². The summed E-state index contributed by atoms with van der Waals surface area (Å²) in [5.74, 6) is 2.75. The summed E-state index contributed by atoms with van der Waals surface area (Å²) < 4.78 is 10.7. The van der Waals surface area contributed by atoms with Crippen LogP contribution in [0, 0.1) is 11.8 Å². The second kappa shape index (κ2) is 9.34. The Kier molecular flexibility index (Phi) is 6.31. The Balaban J connectivity index is 1.23. The number of rotatable bonds is 5. The third-order valence-electron chi connectivity index (χ3n) is 8.06. The van der Waals surface area contributed by atoms with Gasteiger partial charge in [-0.2, -0.15) is 0 Å². The molecular weight excluding hydrogens is 402 g/mol. The fraction of sp³-hybridized carbons (Fsp3) is 0.654. The van der Waals surface area contributed by atoms with E-state index in [1.54, 1.807) is 14.2 Å². The lowest BCUT2D eigenvalue weighted by molar-refractivity contribution is 0.00793. The lowest BCUT2D eigenvalue weighted by atomic mass is 9.68. The van der Waals surface area contributed by atoms with Gasteiger partial charge in [0.15, 0.2) is 11.5 Å². The van der Waals surface area contributed by atoms with Crippen LogP contribution in [0.3, 0.4) is 0 Å². The van der Waals surface area contributed by atoms with E-state index in [4.69, 9.17) is 9.47 Å². The third-order valence-corrected chi connectivity index (χ3v) is 8.06. The highest BCUT2D eigenvalue weighted by molar-refractivity contribution is 5.75. The van der Waals surface area contributed by atoms with Gasteiger partial charge in [0.05, 0.1) is 20.3 Å². The molecule has 1 aromatic rings. The van der Waals surface area contributed by atoms with Crippen LogP contribution in [-0.2, 0) is 6.42 Å². The molecule has 6 nitrogen and oxygen atoms in total. The van der Waals surface area contributed by atoms with Crippen molar-refractivity contribution in [2.45, 2.75) is 57.0 Å². The van der Waals surface area contributed by atoms with Crippen LogP contribution in [0.2, 0.25) is 0 Å². The zero-order valence-electron chi connectivity index (χ0n) is 19.5. The lowest BCUT2D eigenvalue weighted by Crippen LogP contribution is -2.61. The summed E-state index contributed by atoms with van der Waals surface area (Å²) in [5, 5.41) is 3.20. The number of nitrogens with zero attached hydrogens (tertiary/aromatic N) is 2. The van der Waals surface area contributed by atoms with Crippen LogP contribution in [0.25, 0.3) is 0 Å². The number of hydrogen-bond donors (Lipinski definition) is 1. The Morgan fingerprint density at radius 1 is 1.12 bits per heavy atom. The number of carbonyl (C=O) groups is 1. The maximum absolute atomic E-state index is 13.2. The first kappa shape index (κ1) is 21.6. The van der Waals surface area contributed by atoms with Crippen molar-refractivity contribution in [2.24, 2.45) is 11.8 Å². The molecule has 3 heterocycles. The average molecular weight is 440 g/mol. The summed E-state index contributed by atoms with van der Waals surface area (Å²) in [5.41, 5.74) is 2.67. The summed E-state index contributed by atoms with van der Waals surface area (Å²) in [6, 6.07) is 7.09. The molecule has 0 spiro atoms. The second-order valence-electron chi connectivity index (χ2n) is 9.87. The highest BCUT2D eigenvalue weighted by atomic mass is 16.5. The monoisotopic (exact) mass is 439 g/mol. The summed E-state index contributed by atoms with van der Waals surface area (Å²) in [4.78, 5) is 18.1. The molecule has 6 heteroatoms. The summed E-state index contributed by atoms with van der Waals surface area (Å²) in [6.45, 7) is 3.90. The first-order valence-corrected chi connectivity index (χ1v) is 12.4. The molecule has 5 rings (SSSR count). The second-order valence-corrected chi connectivity index (χ2v) is 9.87. The predicted octanol–water partition coefficient (Wildman–Crippen LogP) is 3.85. The number of ether oxygens (including phenoxy) is 2. The van der Waals surface area contributed by atoms with Crippen molar-refractivity contribution in [3.63, 3.8) is 0 Å². The van der Waals surface area contributed by atoms with Gasteiger partial charge in [0, 0.05) is 25.7 Å². The minimum atomic E-state index is 0.0975. The largest absolute Gasteiger partial charge is 0.493 e. The first-order chi connectivity index (χ1) is 15.7. The number of fused-ring (bicyclic) bond motifs is 6. The maximum atomic E-state index is 13.2. The van der Waals surface area contributed by atoms with E-state index in [1.165, 1.54) is 50.8 Å². The van der Waals surface area contributed by atoms with Gasteiger partial charge in [0.25, 0.3) is 0 Å². The van der Waals surface area contributed by atoms with Gasteiger partial charge < -0.3 is 19.7 Å². The average Bonchev–Trinajstić information content (AvgIpc) is 2.83. The highest BCUT2D eigenvalue weighted by Crippen LogP contribution is 2.45. The molecule has 0 saturated carbocycles. The number of urea groups is 1. The molecule has 3 saturated heterocycles. The molecule has 4 aliphatic rings. The quantitative estimate of drug-likeness (QED) is 0.708. The lowest BCUT2D eigenvalue weighted by Gasteiger charge is -2.54. The Hall–Kier alpha value is -2.21. The molecule has 0 radical (unpaired) electrons. The number of nitrogens with one attached hydrogen (secondary N) is 1. The molecule has 0 aromatic heterocycles. The van der Waals surface area contributed by atoms with Gasteiger partial charge in [-0.15, -0.1) is 0 Å². The van der Waals surface area contributed by atoms with Crippen LogP contribution in [0.1, 0.15) is 44.1 Å². The normalized spacial score (nSPS) is 29.4. The number of amides is 2. The number of piperidine rings is 3. The first-order valence-electron chi connectivity index (χ1n) is 12.4. The van der Waals surface area contributed by atoms with E-state index >= 15 is 0 Å². The molecule has 174 valence electrons. The van der Waals surface area contributed by atoms with Gasteiger partial charge in [0.1, 0.15) is 0 Å². The molecule has 1 aromatic carbocycles. The van der Waals surface area contributed by atoms with E-state index in [0.717, 1.165) is 42.5 Å². The van der Waals surface area contributed by atoms with Crippen molar-refractivity contribution < 1.29 is 14.3 Å². The van der Waals surface area contributed by atoms with E-state index in [9.17, 15) is 4.79 Å². The maximum Gasteiger partial charge on any atom is 0.317 e. The smallest absolute Gasteiger partial charge is 0.317 e. The molecule has 1 aliphatic carbocycles. The third kappa shape index (κ3) is 4.09. The molecule has 32 heavy (non-hydrogen) atoms. The highest BCUT2D eigenvalue weighted by Gasteiger charge is 2.46. The van der Waals surface area contributed by atoms with Gasteiger partial charge in [-0.1, -0.05) is 24.1 Å². The van der Waals surface area contributed by atoms with Crippen LogP contribution in [0.4, 0.5) is 4.79 Å². The van der Waals surface area contributed by atoms with Gasteiger partial charge in [-0.25, -0.2) is 4.79 Å². The van der Waals surface area contributed by atoms with Crippen LogP contribution >= 0.6 is 0 Å². The van der Waals surface area contributed by atoms with E-state index in [-0.39, 0.29) is 6.03 Å². The number of likely N-dealkylation sites (tertiary alicyclic amines) is 1. The molecule has 3 aliphatic heterocycles. The van der Waals surface area contributed by atoms with Gasteiger partial charge >= 0.3 is 6.03 Å². The van der Waals surface area contributed by atoms with Gasteiger partial charge in [0.2, 0.25) is 0 Å². The topological polar surface area (TPSA) is 54.0 Å². The van der Waals surface area contributed by atoms with Crippen molar-refractivity contribution in [2.75, 3.05) is 40.4 Å². The minimum absolute atomic E-state index is 0.0975. The van der Waals surface area contributed by atoms with E-state index in [0.29, 0.717) is 24.4 Å². The van der Waals surface area contributed by atoms with Crippen LogP contribution < -0.4 is 14.8 Å². The minimum Gasteiger partial charge on any atom is -0.493 e. The van der Waals surface area contributed by atoms with Crippen LogP contribution in [0.5, 0.6) is 11.5 Å². The molecule has 0 unspecified atom stereocenters. The van der Waals surface area contributed by atoms with E-state index in [1.807, 2.05) is 18.2 Å². The predicted molar refractivity (Wildman–Crippen MR) is 125 cm³/mol. The number of benzene rings is 1. The van der Waals surface area contributed by atoms with Crippen molar-refractivity contribution in [3.8, 4) is 11.5 Å². The van der Waals surface area contributed by atoms with Crippen molar-refractivity contribution >= 4 is 6.03 Å². The summed E-state index contributed by atoms with van der Waals surface area (Å²) >= 11 is 0. The van der Waals surface area contributed by atoms with Crippen LogP contribution in [0.15, 0.2) is 29.8 Å². The Morgan fingerprint density at radius 3 is 2.84 bits per heavy atom. The van der Waals surface area contributed by atoms with E-state index in [2.05, 4.69) is 21.2 Å². The molecule has 1 N–H and O–H groups in total. The Labute approximate surface area is 191 Å². The van der Waals surface area contributed by atoms with E-state index < -0.39 is 0 Å². The number of carbonyl (C=O) groups excluding carboxylic acids is 1. The van der Waals surface area contributed by atoms with Crippen molar-refractivity contribution in [3.05, 3.63) is 35.4 Å². The van der Waals surface area contributed by atoms with Crippen LogP contribution in [-0.4, -0.2) is 68.3 Å². The molecular formula is C26H37N3O3. The molecule has 2 amide bonds. The Morgan fingerprint density at radius 2 is 2.00 bits per heavy atom. The zero-order chi connectivity index (χ0) is 22.1.